The first-order valence-corrected chi connectivity index (χ1v) is 7.02. The van der Waals surface area contributed by atoms with E-state index in [9.17, 15) is 9.50 Å². The van der Waals surface area contributed by atoms with Gasteiger partial charge in [0.05, 0.1) is 6.10 Å². The molecule has 2 aromatic rings. The van der Waals surface area contributed by atoms with Gasteiger partial charge in [-0.25, -0.2) is 4.39 Å². The van der Waals surface area contributed by atoms with E-state index in [-0.39, 0.29) is 5.82 Å². The molecule has 0 aliphatic carbocycles. The number of aliphatic hydroxyl groups excluding tert-OH is 1. The van der Waals surface area contributed by atoms with Crippen molar-refractivity contribution in [3.05, 3.63) is 68.4 Å². The zero-order chi connectivity index (χ0) is 14.0. The van der Waals surface area contributed by atoms with Crippen LogP contribution in [0.3, 0.4) is 0 Å². The minimum absolute atomic E-state index is 0.312. The number of aryl methyl sites for hydroxylation is 1. The van der Waals surface area contributed by atoms with Crippen molar-refractivity contribution in [3.63, 3.8) is 0 Å². The predicted octanol–water partition coefficient (Wildman–Crippen LogP) is 4.83. The van der Waals surface area contributed by atoms with E-state index in [1.807, 2.05) is 19.1 Å². The summed E-state index contributed by atoms with van der Waals surface area (Å²) in [6.07, 6.45) is -0.381. The highest BCUT2D eigenvalue weighted by atomic mass is 79.9. The second-order valence-corrected chi connectivity index (χ2v) is 5.81. The Hall–Kier alpha value is -0.900. The summed E-state index contributed by atoms with van der Waals surface area (Å²) in [5, 5.41) is 10.8. The van der Waals surface area contributed by atoms with Crippen LogP contribution in [-0.4, -0.2) is 5.11 Å². The van der Waals surface area contributed by atoms with Crippen molar-refractivity contribution in [3.8, 4) is 0 Å². The summed E-state index contributed by atoms with van der Waals surface area (Å²) in [7, 11) is 0. The molecule has 4 heteroatoms. The Bertz CT molecular complexity index is 580. The zero-order valence-corrected chi connectivity index (χ0v) is 12.7. The number of hydrogen-bond donors (Lipinski definition) is 1. The van der Waals surface area contributed by atoms with Crippen LogP contribution in [0.4, 0.5) is 4.39 Å². The summed E-state index contributed by atoms with van der Waals surface area (Å²) in [5.74, 6) is -0.312. The maximum Gasteiger partial charge on any atom is 0.123 e. The molecule has 100 valence electrons. The van der Waals surface area contributed by atoms with E-state index in [1.165, 1.54) is 12.1 Å². The first-order valence-electron chi connectivity index (χ1n) is 5.85. The maximum atomic E-state index is 13.2. The average Bonchev–Trinajstić information content (AvgIpc) is 2.32. The van der Waals surface area contributed by atoms with Crippen LogP contribution in [0.5, 0.6) is 0 Å². The monoisotopic (exact) mass is 342 g/mol. The number of hydrogen-bond acceptors (Lipinski definition) is 1. The van der Waals surface area contributed by atoms with Gasteiger partial charge in [-0.3, -0.25) is 0 Å². The molecule has 1 N–H and O–H groups in total. The third-order valence-corrected chi connectivity index (χ3v) is 3.86. The third kappa shape index (κ3) is 3.78. The van der Waals surface area contributed by atoms with Crippen LogP contribution in [0.15, 0.2) is 40.9 Å². The molecule has 0 saturated heterocycles. The molecule has 0 saturated carbocycles. The second kappa shape index (κ2) is 6.04. The molecule has 19 heavy (non-hydrogen) atoms. The lowest BCUT2D eigenvalue weighted by molar-refractivity contribution is 0.178. The van der Waals surface area contributed by atoms with Gasteiger partial charge in [0.2, 0.25) is 0 Å². The largest absolute Gasteiger partial charge is 0.388 e. The Morgan fingerprint density at radius 3 is 2.68 bits per heavy atom. The standard InChI is InChI=1S/C15H13BrClFO/c1-9-4-11(6-12(17)5-9)15(19)8-10-7-13(18)2-3-14(10)16/h2-7,15,19H,8H2,1H3. The second-order valence-electron chi connectivity index (χ2n) is 4.52. The molecule has 0 aliphatic rings. The van der Waals surface area contributed by atoms with Crippen LogP contribution >= 0.6 is 27.5 Å². The van der Waals surface area contributed by atoms with Crippen molar-refractivity contribution in [2.75, 3.05) is 0 Å². The molecule has 2 aromatic carbocycles. The van der Waals surface area contributed by atoms with Crippen LogP contribution in [0.25, 0.3) is 0 Å². The first kappa shape index (κ1) is 14.5. The number of benzene rings is 2. The average molecular weight is 344 g/mol. The Morgan fingerprint density at radius 1 is 1.26 bits per heavy atom. The highest BCUT2D eigenvalue weighted by molar-refractivity contribution is 9.10. The van der Waals surface area contributed by atoms with Gasteiger partial charge in [0.25, 0.3) is 0 Å². The van der Waals surface area contributed by atoms with Gasteiger partial charge in [-0.05, 0) is 53.9 Å². The Kier molecular flexibility index (Phi) is 4.61. The van der Waals surface area contributed by atoms with Crippen LogP contribution in [-0.2, 0) is 6.42 Å². The molecular weight excluding hydrogens is 331 g/mol. The molecule has 0 aromatic heterocycles. The van der Waals surface area contributed by atoms with Crippen molar-refractivity contribution >= 4 is 27.5 Å². The molecule has 0 radical (unpaired) electrons. The van der Waals surface area contributed by atoms with Gasteiger partial charge in [0, 0.05) is 15.9 Å². The van der Waals surface area contributed by atoms with Gasteiger partial charge in [0.1, 0.15) is 5.82 Å². The van der Waals surface area contributed by atoms with E-state index in [4.69, 9.17) is 11.6 Å². The topological polar surface area (TPSA) is 20.2 Å². The lowest BCUT2D eigenvalue weighted by Crippen LogP contribution is -2.03. The van der Waals surface area contributed by atoms with Crippen molar-refractivity contribution in [2.24, 2.45) is 0 Å². The fourth-order valence-electron chi connectivity index (χ4n) is 1.98. The summed E-state index contributed by atoms with van der Waals surface area (Å²) >= 11 is 9.33. The van der Waals surface area contributed by atoms with E-state index in [0.29, 0.717) is 11.4 Å². The Balaban J connectivity index is 2.25. The van der Waals surface area contributed by atoms with Crippen LogP contribution in [0, 0.1) is 12.7 Å². The molecule has 2 rings (SSSR count). The minimum atomic E-state index is -0.713. The van der Waals surface area contributed by atoms with Crippen molar-refractivity contribution in [2.45, 2.75) is 19.4 Å². The normalized spacial score (nSPS) is 12.5. The minimum Gasteiger partial charge on any atom is -0.388 e. The predicted molar refractivity (Wildman–Crippen MR) is 79.0 cm³/mol. The molecular formula is C15H13BrClFO. The van der Waals surface area contributed by atoms with Crippen molar-refractivity contribution < 1.29 is 9.50 Å². The van der Waals surface area contributed by atoms with Gasteiger partial charge in [0.15, 0.2) is 0 Å². The summed E-state index contributed by atoms with van der Waals surface area (Å²) in [4.78, 5) is 0. The van der Waals surface area contributed by atoms with E-state index >= 15 is 0 Å². The first-order chi connectivity index (χ1) is 8.95. The van der Waals surface area contributed by atoms with Crippen LogP contribution < -0.4 is 0 Å². The van der Waals surface area contributed by atoms with E-state index in [0.717, 1.165) is 21.2 Å². The number of rotatable bonds is 3. The lowest BCUT2D eigenvalue weighted by Gasteiger charge is -2.13. The molecule has 1 atom stereocenters. The fourth-order valence-corrected chi connectivity index (χ4v) is 2.69. The van der Waals surface area contributed by atoms with E-state index < -0.39 is 6.10 Å². The molecule has 0 fully saturated rings. The maximum absolute atomic E-state index is 13.2. The van der Waals surface area contributed by atoms with Gasteiger partial charge < -0.3 is 5.11 Å². The highest BCUT2D eigenvalue weighted by Crippen LogP contribution is 2.26. The highest BCUT2D eigenvalue weighted by Gasteiger charge is 2.12. The van der Waals surface area contributed by atoms with Gasteiger partial charge in [-0.1, -0.05) is 33.6 Å². The molecule has 1 nitrogen and oxygen atoms in total. The van der Waals surface area contributed by atoms with Crippen molar-refractivity contribution in [1.29, 1.82) is 0 Å². The summed E-state index contributed by atoms with van der Waals surface area (Å²) < 4.78 is 14.0. The Morgan fingerprint density at radius 2 is 2.00 bits per heavy atom. The van der Waals surface area contributed by atoms with E-state index in [2.05, 4.69) is 15.9 Å². The molecule has 0 aliphatic heterocycles. The van der Waals surface area contributed by atoms with E-state index in [1.54, 1.807) is 12.1 Å². The summed E-state index contributed by atoms with van der Waals surface area (Å²) in [6, 6.07) is 9.88. The smallest absolute Gasteiger partial charge is 0.123 e. The molecule has 0 amide bonds. The van der Waals surface area contributed by atoms with Gasteiger partial charge in [-0.2, -0.15) is 0 Å². The quantitative estimate of drug-likeness (QED) is 0.846. The summed E-state index contributed by atoms with van der Waals surface area (Å²) in [6.45, 7) is 1.92. The Labute approximate surface area is 125 Å². The summed E-state index contributed by atoms with van der Waals surface area (Å²) in [5.41, 5.74) is 2.45. The van der Waals surface area contributed by atoms with Crippen LogP contribution in [0.2, 0.25) is 5.02 Å². The molecule has 0 bridgehead atoms. The fraction of sp³-hybridized carbons (Fsp3) is 0.200. The number of aliphatic hydroxyl groups is 1. The van der Waals surface area contributed by atoms with Crippen molar-refractivity contribution in [1.82, 2.24) is 0 Å². The van der Waals surface area contributed by atoms with Gasteiger partial charge in [-0.15, -0.1) is 0 Å². The SMILES string of the molecule is Cc1cc(Cl)cc(C(O)Cc2cc(F)ccc2Br)c1. The zero-order valence-electron chi connectivity index (χ0n) is 10.3. The molecule has 0 heterocycles. The third-order valence-electron chi connectivity index (χ3n) is 2.87. The molecule has 0 spiro atoms. The van der Waals surface area contributed by atoms with Gasteiger partial charge >= 0.3 is 0 Å². The molecule has 1 unspecified atom stereocenters. The number of halogens is 3. The lowest BCUT2D eigenvalue weighted by atomic mass is 10.00. The van der Waals surface area contributed by atoms with Crippen LogP contribution in [0.1, 0.15) is 22.8 Å².